The van der Waals surface area contributed by atoms with Gasteiger partial charge in [0.25, 0.3) is 5.91 Å². The summed E-state index contributed by atoms with van der Waals surface area (Å²) in [6, 6.07) is 15.3. The summed E-state index contributed by atoms with van der Waals surface area (Å²) in [6.07, 6.45) is 7.53. The predicted octanol–water partition coefficient (Wildman–Crippen LogP) is 3.18. The number of anilines is 1. The van der Waals surface area contributed by atoms with Gasteiger partial charge in [-0.2, -0.15) is 0 Å². The summed E-state index contributed by atoms with van der Waals surface area (Å²) in [5, 5.41) is 10.6. The Hall–Kier alpha value is -3.95. The van der Waals surface area contributed by atoms with Crippen LogP contribution in [0.4, 0.5) is 5.69 Å². The number of aliphatic hydroxyl groups excluding tert-OH is 1. The zero-order chi connectivity index (χ0) is 30.3. The Morgan fingerprint density at radius 3 is 2.42 bits per heavy atom. The van der Waals surface area contributed by atoms with Gasteiger partial charge in [-0.1, -0.05) is 74.9 Å². The molecule has 6 rings (SSSR count). The van der Waals surface area contributed by atoms with E-state index in [-0.39, 0.29) is 36.8 Å². The van der Waals surface area contributed by atoms with Crippen LogP contribution in [0.25, 0.3) is 0 Å². The molecule has 3 amide bonds. The Kier molecular flexibility index (Phi) is 7.87. The number of fused-ring (bicyclic) bond motifs is 2. The standard InChI is InChI=1S/C34H39N3O6/c1-4-22(2)26(21-38)37-30-33(41)36(24-13-15-25(42-3)16-14-24)19-9-17-34(30)29(32(37)40)28-27(43-34)12-8-18-35(31(28)39)20-23-10-6-5-7-11-23/h5-17,22,26-30,38H,4,18-21H2,1-3H3/t22-,26-,27-,28+,29-,30?,34-/m0/s1. The van der Waals surface area contributed by atoms with E-state index in [1.165, 1.54) is 0 Å². The minimum Gasteiger partial charge on any atom is -0.497 e. The van der Waals surface area contributed by atoms with Crippen molar-refractivity contribution < 1.29 is 29.0 Å². The van der Waals surface area contributed by atoms with Crippen molar-refractivity contribution in [1.82, 2.24) is 9.80 Å². The monoisotopic (exact) mass is 585 g/mol. The second kappa shape index (κ2) is 11.6. The third-order valence-corrected chi connectivity index (χ3v) is 9.63. The third kappa shape index (κ3) is 4.75. The van der Waals surface area contributed by atoms with Crippen molar-refractivity contribution in [3.05, 3.63) is 84.5 Å². The first kappa shape index (κ1) is 29.1. The van der Waals surface area contributed by atoms with Gasteiger partial charge in [-0.3, -0.25) is 14.4 Å². The first-order valence-corrected chi connectivity index (χ1v) is 15.1. The Bertz CT molecular complexity index is 1430. The van der Waals surface area contributed by atoms with E-state index in [2.05, 4.69) is 0 Å². The van der Waals surface area contributed by atoms with E-state index in [1.54, 1.807) is 33.9 Å². The number of aliphatic hydroxyl groups is 1. The smallest absolute Gasteiger partial charge is 0.253 e. The number of carbonyl (C=O) groups excluding carboxylic acids is 3. The van der Waals surface area contributed by atoms with Crippen LogP contribution in [0.2, 0.25) is 0 Å². The number of hydrogen-bond donors (Lipinski definition) is 1. The van der Waals surface area contributed by atoms with Gasteiger partial charge >= 0.3 is 0 Å². The highest BCUT2D eigenvalue weighted by Crippen LogP contribution is 2.54. The van der Waals surface area contributed by atoms with Crippen LogP contribution in [-0.4, -0.2) is 83.2 Å². The van der Waals surface area contributed by atoms with E-state index in [9.17, 15) is 19.5 Å². The Morgan fingerprint density at radius 2 is 1.74 bits per heavy atom. The Balaban J connectivity index is 1.43. The lowest BCUT2D eigenvalue weighted by atomic mass is 9.77. The number of rotatable bonds is 8. The van der Waals surface area contributed by atoms with Gasteiger partial charge in [-0.05, 0) is 35.7 Å². The molecule has 1 unspecified atom stereocenters. The summed E-state index contributed by atoms with van der Waals surface area (Å²) in [7, 11) is 1.58. The first-order chi connectivity index (χ1) is 20.8. The lowest BCUT2D eigenvalue weighted by molar-refractivity contribution is -0.148. The summed E-state index contributed by atoms with van der Waals surface area (Å²) >= 11 is 0. The average Bonchev–Trinajstić information content (AvgIpc) is 3.35. The van der Waals surface area contributed by atoms with Crippen LogP contribution in [0.1, 0.15) is 25.8 Å². The first-order valence-electron chi connectivity index (χ1n) is 15.1. The third-order valence-electron chi connectivity index (χ3n) is 9.63. The van der Waals surface area contributed by atoms with E-state index >= 15 is 0 Å². The summed E-state index contributed by atoms with van der Waals surface area (Å²) in [4.78, 5) is 48.5. The van der Waals surface area contributed by atoms with E-state index in [4.69, 9.17) is 9.47 Å². The molecule has 0 aliphatic carbocycles. The molecule has 2 saturated heterocycles. The van der Waals surface area contributed by atoms with Crippen LogP contribution in [0, 0.1) is 17.8 Å². The van der Waals surface area contributed by atoms with Gasteiger partial charge < -0.3 is 29.3 Å². The topological polar surface area (TPSA) is 99.6 Å². The van der Waals surface area contributed by atoms with Gasteiger partial charge in [0.1, 0.15) is 17.4 Å². The SMILES string of the molecule is CC[C@H](C)[C@H](CO)N1C(=O)[C@@H]2[C@@H]3C(=O)N(Cc4ccccc4)CC=C[C@@H]3O[C@@]23C=CCN(c2ccc(OC)cc2)C(=O)C13. The number of ether oxygens (including phenoxy) is 2. The summed E-state index contributed by atoms with van der Waals surface area (Å²) < 4.78 is 12.1. The van der Waals surface area contributed by atoms with Crippen LogP contribution in [0.15, 0.2) is 78.9 Å². The van der Waals surface area contributed by atoms with E-state index in [1.807, 2.05) is 80.6 Å². The molecule has 0 aromatic heterocycles. The highest BCUT2D eigenvalue weighted by Gasteiger charge is 2.72. The van der Waals surface area contributed by atoms with Crippen molar-refractivity contribution in [3.63, 3.8) is 0 Å². The van der Waals surface area contributed by atoms with Gasteiger partial charge in [0.15, 0.2) is 0 Å². The summed E-state index contributed by atoms with van der Waals surface area (Å²) in [5.74, 6) is -1.94. The minimum absolute atomic E-state index is 0.0885. The fraction of sp³-hybridized carbons (Fsp3) is 0.441. The molecule has 0 bridgehead atoms. The maximum Gasteiger partial charge on any atom is 0.253 e. The minimum atomic E-state index is -1.36. The van der Waals surface area contributed by atoms with Crippen molar-refractivity contribution in [2.45, 2.75) is 50.6 Å². The van der Waals surface area contributed by atoms with Crippen molar-refractivity contribution in [2.75, 3.05) is 31.7 Å². The lowest BCUT2D eigenvalue weighted by Gasteiger charge is -2.40. The zero-order valence-corrected chi connectivity index (χ0v) is 24.8. The van der Waals surface area contributed by atoms with Crippen molar-refractivity contribution >= 4 is 23.4 Å². The highest BCUT2D eigenvalue weighted by atomic mass is 16.5. The highest BCUT2D eigenvalue weighted by molar-refractivity contribution is 6.06. The van der Waals surface area contributed by atoms with Gasteiger partial charge in [-0.15, -0.1) is 0 Å². The van der Waals surface area contributed by atoms with Crippen molar-refractivity contribution in [3.8, 4) is 5.75 Å². The molecule has 2 fully saturated rings. The quantitative estimate of drug-likeness (QED) is 0.478. The molecule has 4 aliphatic heterocycles. The van der Waals surface area contributed by atoms with Crippen molar-refractivity contribution in [1.29, 1.82) is 0 Å². The molecule has 9 nitrogen and oxygen atoms in total. The van der Waals surface area contributed by atoms with Crippen LogP contribution < -0.4 is 9.64 Å². The van der Waals surface area contributed by atoms with Crippen LogP contribution >= 0.6 is 0 Å². The second-order valence-corrected chi connectivity index (χ2v) is 11.9. The Morgan fingerprint density at radius 1 is 1.00 bits per heavy atom. The number of hydrogen-bond acceptors (Lipinski definition) is 6. The van der Waals surface area contributed by atoms with E-state index < -0.39 is 35.6 Å². The van der Waals surface area contributed by atoms with E-state index in [0.717, 1.165) is 5.56 Å². The Labute approximate surface area is 252 Å². The second-order valence-electron chi connectivity index (χ2n) is 11.9. The molecule has 9 heteroatoms. The van der Waals surface area contributed by atoms with Gasteiger partial charge in [-0.25, -0.2) is 0 Å². The molecule has 226 valence electrons. The number of benzene rings is 2. The molecule has 1 spiro atoms. The van der Waals surface area contributed by atoms with Gasteiger partial charge in [0.05, 0.1) is 37.7 Å². The predicted molar refractivity (Wildman–Crippen MR) is 161 cm³/mol. The number of likely N-dealkylation sites (tertiary alicyclic amines) is 1. The molecule has 43 heavy (non-hydrogen) atoms. The molecule has 2 aromatic rings. The van der Waals surface area contributed by atoms with E-state index in [0.29, 0.717) is 30.9 Å². The molecule has 1 N–H and O–H groups in total. The zero-order valence-electron chi connectivity index (χ0n) is 24.8. The summed E-state index contributed by atoms with van der Waals surface area (Å²) in [5.41, 5.74) is 0.288. The van der Waals surface area contributed by atoms with Crippen LogP contribution in [0.3, 0.4) is 0 Å². The lowest BCUT2D eigenvalue weighted by Crippen LogP contribution is -2.59. The average molecular weight is 586 g/mol. The molecule has 7 atom stereocenters. The van der Waals surface area contributed by atoms with Crippen molar-refractivity contribution in [2.24, 2.45) is 17.8 Å². The van der Waals surface area contributed by atoms with Gasteiger partial charge in [0.2, 0.25) is 11.8 Å². The largest absolute Gasteiger partial charge is 0.497 e. The molecule has 0 radical (unpaired) electrons. The number of methoxy groups -OCH3 is 1. The molecule has 2 aromatic carbocycles. The number of nitrogens with zero attached hydrogens (tertiary/aromatic N) is 3. The number of amides is 3. The van der Waals surface area contributed by atoms with Crippen LogP contribution in [0.5, 0.6) is 5.75 Å². The fourth-order valence-corrected chi connectivity index (χ4v) is 7.24. The number of carbonyl (C=O) groups is 3. The van der Waals surface area contributed by atoms with Gasteiger partial charge in [0, 0.05) is 25.3 Å². The molecular formula is C34H39N3O6. The normalized spacial score (nSPS) is 29.6. The van der Waals surface area contributed by atoms with Crippen LogP contribution in [-0.2, 0) is 25.7 Å². The maximum atomic E-state index is 14.7. The fourth-order valence-electron chi connectivity index (χ4n) is 7.24. The molecule has 4 aliphatic rings. The summed E-state index contributed by atoms with van der Waals surface area (Å²) in [6.45, 7) is 4.74. The molecular weight excluding hydrogens is 546 g/mol. The molecule has 0 saturated carbocycles. The maximum absolute atomic E-state index is 14.7. The molecule has 4 heterocycles.